The molecule has 3 aliphatic rings. The minimum absolute atomic E-state index is 0.0173. The number of nitrogens with zero attached hydrogens (tertiary/aromatic N) is 1. The van der Waals surface area contributed by atoms with E-state index in [1.807, 2.05) is 69.5 Å². The van der Waals surface area contributed by atoms with Crippen molar-refractivity contribution in [2.24, 2.45) is 23.7 Å². The van der Waals surface area contributed by atoms with Crippen molar-refractivity contribution < 1.29 is 57.3 Å². The molecule has 0 aliphatic carbocycles. The molecule has 3 rings (SSSR count). The van der Waals surface area contributed by atoms with Crippen LogP contribution in [0, 0.1) is 23.7 Å². The fraction of sp³-hybridized carbons (Fsp3) is 0.930. The van der Waals surface area contributed by atoms with Crippen molar-refractivity contribution >= 4 is 5.97 Å². The van der Waals surface area contributed by atoms with E-state index in [0.717, 1.165) is 12.0 Å². The Morgan fingerprint density at radius 3 is 2.04 bits per heavy atom. The van der Waals surface area contributed by atoms with Crippen LogP contribution in [0.25, 0.3) is 0 Å². The summed E-state index contributed by atoms with van der Waals surface area (Å²) in [5, 5.41) is 12.3. The number of allylic oxidation sites excluding steroid dienone is 1. The molecule has 13 nitrogen and oxygen atoms in total. The van der Waals surface area contributed by atoms with Crippen LogP contribution in [0.3, 0.4) is 0 Å². The standard InChI is InChI=1S/C43H79NO12/c1-18-33-43(10,46)31(19-20-47-13)26(3)21-25(2)23-41(8,50-16)37(56-40-36(48-14)32(44(11)12)22-27(4)52-40)28(5)35(29(6)39(45)54-33)55-34-24-42(9,51-17)38(49-15)30(7)53-34/h21,25,27-38,40,46H,18-20,22-24H2,1-17H3/b26-21-/t25-,27+,28-,29+,30-,31+,32-,33+,34-,35-,36+,37+,38-,40-,41+,42+,43-/m0/s1. The van der Waals surface area contributed by atoms with Crippen LogP contribution in [-0.2, 0) is 52.2 Å². The Labute approximate surface area is 338 Å². The van der Waals surface area contributed by atoms with E-state index in [-0.39, 0.29) is 36.2 Å². The molecule has 0 aromatic rings. The van der Waals surface area contributed by atoms with Gasteiger partial charge in [-0.2, -0.15) is 0 Å². The zero-order valence-corrected chi connectivity index (χ0v) is 37.8. The lowest BCUT2D eigenvalue weighted by atomic mass is 9.74. The van der Waals surface area contributed by atoms with Crippen molar-refractivity contribution in [1.29, 1.82) is 0 Å². The minimum atomic E-state index is -1.39. The summed E-state index contributed by atoms with van der Waals surface area (Å²) in [6, 6.07) is 0.0298. The second-order valence-corrected chi connectivity index (χ2v) is 17.7. The third-order valence-electron chi connectivity index (χ3n) is 13.1. The fourth-order valence-corrected chi connectivity index (χ4v) is 9.95. The quantitative estimate of drug-likeness (QED) is 0.179. The molecule has 56 heavy (non-hydrogen) atoms. The number of ether oxygens (including phenoxy) is 10. The summed E-state index contributed by atoms with van der Waals surface area (Å²) < 4.78 is 63.6. The number of carbonyl (C=O) groups is 1. The molecule has 3 aliphatic heterocycles. The van der Waals surface area contributed by atoms with Crippen molar-refractivity contribution in [1.82, 2.24) is 4.90 Å². The number of cyclic esters (lactones) is 1. The summed E-state index contributed by atoms with van der Waals surface area (Å²) in [5.74, 6) is -2.20. The molecule has 0 aromatic carbocycles. The summed E-state index contributed by atoms with van der Waals surface area (Å²) >= 11 is 0. The summed E-state index contributed by atoms with van der Waals surface area (Å²) in [6.45, 7) is 20.2. The second-order valence-electron chi connectivity index (χ2n) is 17.7. The number of hydrogen-bond acceptors (Lipinski definition) is 13. The Hall–Kier alpha value is -1.23. The maximum Gasteiger partial charge on any atom is 0.311 e. The first-order valence-corrected chi connectivity index (χ1v) is 20.7. The van der Waals surface area contributed by atoms with Gasteiger partial charge >= 0.3 is 5.97 Å². The Morgan fingerprint density at radius 2 is 1.50 bits per heavy atom. The predicted molar refractivity (Wildman–Crippen MR) is 214 cm³/mol. The highest BCUT2D eigenvalue weighted by Gasteiger charge is 2.53. The number of carbonyl (C=O) groups excluding carboxylic acids is 1. The van der Waals surface area contributed by atoms with Crippen LogP contribution < -0.4 is 0 Å². The van der Waals surface area contributed by atoms with Crippen molar-refractivity contribution in [2.75, 3.05) is 56.3 Å². The van der Waals surface area contributed by atoms with E-state index < -0.39 is 71.6 Å². The van der Waals surface area contributed by atoms with Gasteiger partial charge in [-0.05, 0) is 94.2 Å². The topological polar surface area (TPSA) is 133 Å². The van der Waals surface area contributed by atoms with Crippen LogP contribution in [0.15, 0.2) is 11.6 Å². The van der Waals surface area contributed by atoms with E-state index >= 15 is 0 Å². The Kier molecular flexibility index (Phi) is 18.3. The number of aliphatic hydroxyl groups is 1. The number of esters is 1. The highest BCUT2D eigenvalue weighted by Crippen LogP contribution is 2.43. The number of methoxy groups -OCH3 is 5. The normalized spacial score (nSPS) is 45.8. The van der Waals surface area contributed by atoms with Gasteiger partial charge in [0.15, 0.2) is 12.6 Å². The third-order valence-corrected chi connectivity index (χ3v) is 13.1. The largest absolute Gasteiger partial charge is 0.459 e. The molecular formula is C43H79NO12. The average Bonchev–Trinajstić information content (AvgIpc) is 3.13. The van der Waals surface area contributed by atoms with Gasteiger partial charge in [0.25, 0.3) is 0 Å². The van der Waals surface area contributed by atoms with Gasteiger partial charge in [0, 0.05) is 66.5 Å². The Balaban J connectivity index is 2.27. The maximum absolute atomic E-state index is 14.6. The van der Waals surface area contributed by atoms with E-state index in [1.165, 1.54) is 0 Å². The smallest absolute Gasteiger partial charge is 0.311 e. The maximum atomic E-state index is 14.6. The Bertz CT molecular complexity index is 1250. The molecule has 0 amide bonds. The van der Waals surface area contributed by atoms with E-state index in [0.29, 0.717) is 32.3 Å². The van der Waals surface area contributed by atoms with Crippen LogP contribution in [0.2, 0.25) is 0 Å². The van der Waals surface area contributed by atoms with Gasteiger partial charge in [0.1, 0.15) is 23.9 Å². The summed E-state index contributed by atoms with van der Waals surface area (Å²) in [7, 11) is 12.4. The van der Waals surface area contributed by atoms with Gasteiger partial charge in [-0.25, -0.2) is 0 Å². The molecular weight excluding hydrogens is 722 g/mol. The van der Waals surface area contributed by atoms with Crippen molar-refractivity contribution in [3.63, 3.8) is 0 Å². The molecule has 0 spiro atoms. The van der Waals surface area contributed by atoms with Gasteiger partial charge in [0.05, 0.1) is 41.5 Å². The van der Waals surface area contributed by atoms with E-state index in [9.17, 15) is 9.90 Å². The Morgan fingerprint density at radius 1 is 0.875 bits per heavy atom. The SMILES string of the molecule is CC[C@H]1OC(=O)[C@H](C)[C@@H](O[C@H]2C[C@@](C)(OC)[C@@H](OC)[C@H](C)O2)[C@H](C)[C@@H](O[C@@H]2O[C@H](C)C[C@H](N(C)C)[C@H]2OC)[C@](C)(OC)C[C@@H](C)/C=C(/C)[C@@H](CCOC)[C@]1(C)O. The molecule has 2 fully saturated rings. The van der Waals surface area contributed by atoms with Gasteiger partial charge in [-0.3, -0.25) is 4.79 Å². The first-order valence-electron chi connectivity index (χ1n) is 20.7. The zero-order chi connectivity index (χ0) is 42.3. The molecule has 0 aromatic heterocycles. The number of likely N-dealkylation sites (N-methyl/N-ethyl adjacent to an activating group) is 1. The van der Waals surface area contributed by atoms with E-state index in [4.69, 9.17) is 47.4 Å². The van der Waals surface area contributed by atoms with Gasteiger partial charge in [-0.1, -0.05) is 32.4 Å². The second kappa shape index (κ2) is 20.8. The zero-order valence-electron chi connectivity index (χ0n) is 37.8. The monoisotopic (exact) mass is 802 g/mol. The summed E-state index contributed by atoms with van der Waals surface area (Å²) in [6.07, 6.45) is -0.249. The lowest BCUT2D eigenvalue weighted by Crippen LogP contribution is -2.61. The first-order chi connectivity index (χ1) is 26.2. The molecule has 2 saturated heterocycles. The van der Waals surface area contributed by atoms with Crippen LogP contribution in [-0.4, -0.2) is 150 Å². The van der Waals surface area contributed by atoms with Crippen molar-refractivity contribution in [3.05, 3.63) is 11.6 Å². The molecule has 0 radical (unpaired) electrons. The van der Waals surface area contributed by atoms with Gasteiger partial charge in [-0.15, -0.1) is 0 Å². The summed E-state index contributed by atoms with van der Waals surface area (Å²) in [5.41, 5.74) is -2.07. The highest BCUT2D eigenvalue weighted by atomic mass is 16.7. The van der Waals surface area contributed by atoms with Crippen LogP contribution in [0.5, 0.6) is 0 Å². The predicted octanol–water partition coefficient (Wildman–Crippen LogP) is 5.78. The van der Waals surface area contributed by atoms with Crippen LogP contribution in [0.1, 0.15) is 101 Å². The van der Waals surface area contributed by atoms with Crippen molar-refractivity contribution in [2.45, 2.75) is 179 Å². The lowest BCUT2D eigenvalue weighted by Gasteiger charge is -2.50. The molecule has 0 bridgehead atoms. The van der Waals surface area contributed by atoms with Gasteiger partial charge < -0.3 is 57.4 Å². The molecule has 1 N–H and O–H groups in total. The van der Waals surface area contributed by atoms with Crippen molar-refractivity contribution in [3.8, 4) is 0 Å². The molecule has 17 atom stereocenters. The minimum Gasteiger partial charge on any atom is -0.459 e. The average molecular weight is 802 g/mol. The van der Waals surface area contributed by atoms with Crippen LogP contribution in [0.4, 0.5) is 0 Å². The summed E-state index contributed by atoms with van der Waals surface area (Å²) in [4.78, 5) is 16.7. The molecule has 3 heterocycles. The highest BCUT2D eigenvalue weighted by molar-refractivity contribution is 5.73. The van der Waals surface area contributed by atoms with E-state index in [2.05, 4.69) is 17.9 Å². The van der Waals surface area contributed by atoms with Crippen LogP contribution >= 0.6 is 0 Å². The third kappa shape index (κ3) is 11.1. The molecule has 13 heteroatoms. The molecule has 0 unspecified atom stereocenters. The number of rotatable bonds is 13. The number of hydrogen-bond donors (Lipinski definition) is 1. The first kappa shape index (κ1) is 49.1. The molecule has 328 valence electrons. The lowest BCUT2D eigenvalue weighted by molar-refractivity contribution is -0.322. The molecule has 0 saturated carbocycles. The van der Waals surface area contributed by atoms with Gasteiger partial charge in [0.2, 0.25) is 0 Å². The fourth-order valence-electron chi connectivity index (χ4n) is 9.95. The van der Waals surface area contributed by atoms with E-state index in [1.54, 1.807) is 42.5 Å².